The van der Waals surface area contributed by atoms with Gasteiger partial charge in [-0.05, 0) is 30.2 Å². The van der Waals surface area contributed by atoms with Crippen molar-refractivity contribution in [3.8, 4) is 0 Å². The van der Waals surface area contributed by atoms with Crippen molar-refractivity contribution in [2.75, 3.05) is 13.1 Å². The number of carboxylic acid groups (broad SMARTS) is 1. The van der Waals surface area contributed by atoms with Crippen LogP contribution >= 0.6 is 11.3 Å². The predicted octanol–water partition coefficient (Wildman–Crippen LogP) is 2.00. The first-order chi connectivity index (χ1) is 8.65. The van der Waals surface area contributed by atoms with Crippen molar-refractivity contribution in [3.63, 3.8) is 0 Å². The number of carbonyl (C=O) groups excluding carboxylic acids is 1. The van der Waals surface area contributed by atoms with E-state index in [1.54, 1.807) is 16.2 Å². The lowest BCUT2D eigenvalue weighted by Gasteiger charge is -2.15. The van der Waals surface area contributed by atoms with Crippen LogP contribution in [0.4, 0.5) is 0 Å². The van der Waals surface area contributed by atoms with Crippen molar-refractivity contribution in [1.82, 2.24) is 4.90 Å². The largest absolute Gasteiger partial charge is 0.481 e. The molecule has 0 spiro atoms. The highest BCUT2D eigenvalue weighted by molar-refractivity contribution is 7.09. The first kappa shape index (κ1) is 13.1. The molecular weight excluding hydrogens is 250 g/mol. The molecule has 1 saturated heterocycles. The van der Waals surface area contributed by atoms with Crippen LogP contribution in [0.15, 0.2) is 17.5 Å². The average Bonchev–Trinajstić information content (AvgIpc) is 2.95. The Morgan fingerprint density at radius 3 is 3.00 bits per heavy atom. The van der Waals surface area contributed by atoms with Gasteiger partial charge in [0.15, 0.2) is 0 Å². The Balaban J connectivity index is 1.75. The summed E-state index contributed by atoms with van der Waals surface area (Å²) >= 11 is 1.67. The molecule has 2 heterocycles. The maximum absolute atomic E-state index is 12.0. The Bertz CT molecular complexity index is 416. The molecule has 1 unspecified atom stereocenters. The van der Waals surface area contributed by atoms with Gasteiger partial charge in [-0.3, -0.25) is 9.59 Å². The molecule has 1 atom stereocenters. The number of thiophene rings is 1. The highest BCUT2D eigenvalue weighted by Crippen LogP contribution is 2.21. The fraction of sp³-hybridized carbons (Fsp3) is 0.538. The van der Waals surface area contributed by atoms with Gasteiger partial charge in [-0.15, -0.1) is 11.3 Å². The number of carbonyl (C=O) groups is 2. The number of rotatable bonds is 5. The molecule has 2 rings (SSSR count). The van der Waals surface area contributed by atoms with Crippen LogP contribution in [0.2, 0.25) is 0 Å². The molecule has 1 aliphatic rings. The lowest BCUT2D eigenvalue weighted by molar-refractivity contribution is -0.138. The molecule has 0 radical (unpaired) electrons. The molecule has 0 aliphatic carbocycles. The molecule has 98 valence electrons. The maximum Gasteiger partial charge on any atom is 0.303 e. The van der Waals surface area contributed by atoms with E-state index in [0.29, 0.717) is 19.5 Å². The predicted molar refractivity (Wildman–Crippen MR) is 69.6 cm³/mol. The monoisotopic (exact) mass is 267 g/mol. The number of aliphatic carboxylic acids is 1. The van der Waals surface area contributed by atoms with Crippen LogP contribution < -0.4 is 0 Å². The van der Waals surface area contributed by atoms with Crippen LogP contribution in [-0.2, 0) is 16.0 Å². The number of carboxylic acids is 1. The Morgan fingerprint density at radius 2 is 2.33 bits per heavy atom. The summed E-state index contributed by atoms with van der Waals surface area (Å²) in [5.74, 6) is -0.489. The van der Waals surface area contributed by atoms with Gasteiger partial charge in [0.2, 0.25) is 5.91 Å². The molecule has 1 fully saturated rings. The third-order valence-electron chi connectivity index (χ3n) is 3.27. The number of aryl methyl sites for hydroxylation is 1. The quantitative estimate of drug-likeness (QED) is 0.887. The fourth-order valence-corrected chi connectivity index (χ4v) is 3.02. The van der Waals surface area contributed by atoms with Crippen LogP contribution in [0.1, 0.15) is 24.1 Å². The summed E-state index contributed by atoms with van der Waals surface area (Å²) in [6, 6.07) is 4.03. The van der Waals surface area contributed by atoms with E-state index < -0.39 is 5.97 Å². The zero-order chi connectivity index (χ0) is 13.0. The topological polar surface area (TPSA) is 57.6 Å². The van der Waals surface area contributed by atoms with Crippen molar-refractivity contribution < 1.29 is 14.7 Å². The first-order valence-electron chi connectivity index (χ1n) is 6.17. The summed E-state index contributed by atoms with van der Waals surface area (Å²) < 4.78 is 0. The van der Waals surface area contributed by atoms with Crippen molar-refractivity contribution in [3.05, 3.63) is 22.4 Å². The van der Waals surface area contributed by atoms with E-state index in [-0.39, 0.29) is 18.2 Å². The van der Waals surface area contributed by atoms with E-state index in [4.69, 9.17) is 5.11 Å². The second-order valence-electron chi connectivity index (χ2n) is 4.67. The number of hydrogen-bond donors (Lipinski definition) is 1. The van der Waals surface area contributed by atoms with Crippen molar-refractivity contribution >= 4 is 23.2 Å². The Labute approximate surface area is 110 Å². The van der Waals surface area contributed by atoms with Gasteiger partial charge in [-0.25, -0.2) is 0 Å². The Kier molecular flexibility index (Phi) is 4.36. The smallest absolute Gasteiger partial charge is 0.303 e. The summed E-state index contributed by atoms with van der Waals surface area (Å²) in [5.41, 5.74) is 0. The normalized spacial score (nSPS) is 19.1. The molecule has 1 amide bonds. The molecule has 18 heavy (non-hydrogen) atoms. The van der Waals surface area contributed by atoms with Gasteiger partial charge in [0.25, 0.3) is 0 Å². The van der Waals surface area contributed by atoms with E-state index in [9.17, 15) is 9.59 Å². The molecule has 1 aromatic rings. The van der Waals surface area contributed by atoms with E-state index in [2.05, 4.69) is 0 Å². The van der Waals surface area contributed by atoms with Crippen LogP contribution in [0.25, 0.3) is 0 Å². The third kappa shape index (κ3) is 3.57. The van der Waals surface area contributed by atoms with Crippen LogP contribution in [0.5, 0.6) is 0 Å². The molecular formula is C13H17NO3S. The first-order valence-corrected chi connectivity index (χ1v) is 7.05. The Morgan fingerprint density at radius 1 is 1.50 bits per heavy atom. The number of likely N-dealkylation sites (tertiary alicyclic amines) is 1. The summed E-state index contributed by atoms with van der Waals surface area (Å²) in [6.45, 7) is 1.32. The minimum absolute atomic E-state index is 0.133. The van der Waals surface area contributed by atoms with Crippen molar-refractivity contribution in [1.29, 1.82) is 0 Å². The van der Waals surface area contributed by atoms with Crippen molar-refractivity contribution in [2.24, 2.45) is 5.92 Å². The lowest BCUT2D eigenvalue weighted by atomic mass is 10.1. The summed E-state index contributed by atoms with van der Waals surface area (Å²) in [5, 5.41) is 10.7. The zero-order valence-electron chi connectivity index (χ0n) is 10.2. The molecule has 1 N–H and O–H groups in total. The molecule has 0 aromatic carbocycles. The van der Waals surface area contributed by atoms with Gasteiger partial charge >= 0.3 is 5.97 Å². The van der Waals surface area contributed by atoms with E-state index in [1.165, 1.54) is 4.88 Å². The van der Waals surface area contributed by atoms with Gasteiger partial charge in [0.05, 0.1) is 0 Å². The molecule has 0 bridgehead atoms. The summed E-state index contributed by atoms with van der Waals surface area (Å²) in [6.07, 6.45) is 2.31. The standard InChI is InChI=1S/C13H17NO3S/c15-12(4-3-11-2-1-7-18-11)14-6-5-10(9-14)8-13(16)17/h1-2,7,10H,3-6,8-9H2,(H,16,17). The van der Waals surface area contributed by atoms with Crippen LogP contribution in [-0.4, -0.2) is 35.0 Å². The minimum Gasteiger partial charge on any atom is -0.481 e. The van der Waals surface area contributed by atoms with E-state index >= 15 is 0 Å². The van der Waals surface area contributed by atoms with Crippen molar-refractivity contribution in [2.45, 2.75) is 25.7 Å². The molecule has 4 nitrogen and oxygen atoms in total. The molecule has 5 heteroatoms. The van der Waals surface area contributed by atoms with Gasteiger partial charge in [0.1, 0.15) is 0 Å². The minimum atomic E-state index is -0.770. The zero-order valence-corrected chi connectivity index (χ0v) is 11.0. The number of amides is 1. The van der Waals surface area contributed by atoms with Gasteiger partial charge in [-0.1, -0.05) is 6.07 Å². The van der Waals surface area contributed by atoms with E-state index in [1.807, 2.05) is 17.5 Å². The maximum atomic E-state index is 12.0. The second kappa shape index (κ2) is 6.00. The highest BCUT2D eigenvalue weighted by atomic mass is 32.1. The third-order valence-corrected chi connectivity index (χ3v) is 4.20. The lowest BCUT2D eigenvalue weighted by Crippen LogP contribution is -2.29. The second-order valence-corrected chi connectivity index (χ2v) is 5.70. The van der Waals surface area contributed by atoms with E-state index in [0.717, 1.165) is 12.8 Å². The Hall–Kier alpha value is -1.36. The highest BCUT2D eigenvalue weighted by Gasteiger charge is 2.27. The molecule has 1 aliphatic heterocycles. The number of nitrogens with zero attached hydrogens (tertiary/aromatic N) is 1. The SMILES string of the molecule is O=C(O)CC1CCN(C(=O)CCc2cccs2)C1. The fourth-order valence-electron chi connectivity index (χ4n) is 2.32. The molecule has 1 aromatic heterocycles. The summed E-state index contributed by atoms with van der Waals surface area (Å²) in [4.78, 5) is 25.6. The number of hydrogen-bond acceptors (Lipinski definition) is 3. The van der Waals surface area contributed by atoms with Gasteiger partial charge in [-0.2, -0.15) is 0 Å². The summed E-state index contributed by atoms with van der Waals surface area (Å²) in [7, 11) is 0. The van der Waals surface area contributed by atoms with Gasteiger partial charge in [0, 0.05) is 30.8 Å². The van der Waals surface area contributed by atoms with Crippen LogP contribution in [0.3, 0.4) is 0 Å². The molecule has 0 saturated carbocycles. The van der Waals surface area contributed by atoms with Gasteiger partial charge < -0.3 is 10.0 Å². The average molecular weight is 267 g/mol. The van der Waals surface area contributed by atoms with Crippen LogP contribution in [0, 0.1) is 5.92 Å².